The second-order valence-electron chi connectivity index (χ2n) is 6.73. The van der Waals surface area contributed by atoms with Crippen LogP contribution in [0.5, 0.6) is 0 Å². The van der Waals surface area contributed by atoms with E-state index in [1.165, 1.54) is 18.2 Å². The van der Waals surface area contributed by atoms with Crippen molar-refractivity contribution in [3.63, 3.8) is 0 Å². The SMILES string of the molecule is CC(C)(C)Cc1cc(NC(=O)CNC(=O)c2ccccc2F)n[nH]1. The van der Waals surface area contributed by atoms with E-state index in [1.54, 1.807) is 12.1 Å². The molecule has 0 bridgehead atoms. The number of hydrogen-bond donors (Lipinski definition) is 3. The second-order valence-corrected chi connectivity index (χ2v) is 6.73. The van der Waals surface area contributed by atoms with Crippen LogP contribution in [0.4, 0.5) is 10.2 Å². The van der Waals surface area contributed by atoms with Crippen molar-refractivity contribution in [3.8, 4) is 0 Å². The first-order valence-electron chi connectivity index (χ1n) is 7.61. The van der Waals surface area contributed by atoms with Gasteiger partial charge in [-0.2, -0.15) is 5.10 Å². The minimum atomic E-state index is -0.640. The molecular weight excluding hydrogens is 311 g/mol. The van der Waals surface area contributed by atoms with Crippen molar-refractivity contribution in [2.24, 2.45) is 5.41 Å². The number of aromatic amines is 1. The number of H-pyrrole nitrogens is 1. The van der Waals surface area contributed by atoms with Crippen LogP contribution in [0.15, 0.2) is 30.3 Å². The van der Waals surface area contributed by atoms with E-state index in [0.717, 1.165) is 12.1 Å². The lowest BCUT2D eigenvalue weighted by Crippen LogP contribution is -2.33. The van der Waals surface area contributed by atoms with Crippen LogP contribution in [0.25, 0.3) is 0 Å². The van der Waals surface area contributed by atoms with Crippen LogP contribution in [0.3, 0.4) is 0 Å². The van der Waals surface area contributed by atoms with E-state index in [1.807, 2.05) is 0 Å². The summed E-state index contributed by atoms with van der Waals surface area (Å²) in [6, 6.07) is 7.34. The smallest absolute Gasteiger partial charge is 0.254 e. The number of amides is 2. The molecule has 0 aliphatic heterocycles. The number of nitrogens with one attached hydrogen (secondary N) is 3. The lowest BCUT2D eigenvalue weighted by Gasteiger charge is -2.15. The van der Waals surface area contributed by atoms with E-state index in [4.69, 9.17) is 0 Å². The molecule has 24 heavy (non-hydrogen) atoms. The van der Waals surface area contributed by atoms with Crippen LogP contribution in [-0.4, -0.2) is 28.6 Å². The molecule has 2 rings (SSSR count). The molecule has 0 radical (unpaired) electrons. The third kappa shape index (κ3) is 5.19. The number of anilines is 1. The van der Waals surface area contributed by atoms with Crippen LogP contribution >= 0.6 is 0 Å². The molecule has 0 aliphatic rings. The summed E-state index contributed by atoms with van der Waals surface area (Å²) in [7, 11) is 0. The highest BCUT2D eigenvalue weighted by Crippen LogP contribution is 2.20. The van der Waals surface area contributed by atoms with Crippen LogP contribution in [0.2, 0.25) is 0 Å². The molecule has 0 saturated heterocycles. The van der Waals surface area contributed by atoms with Gasteiger partial charge in [0, 0.05) is 11.8 Å². The van der Waals surface area contributed by atoms with Gasteiger partial charge < -0.3 is 10.6 Å². The minimum Gasteiger partial charge on any atom is -0.343 e. The standard InChI is InChI=1S/C17H21FN4O2/c1-17(2,3)9-11-8-14(22-21-11)20-15(23)10-19-16(24)12-6-4-5-7-13(12)18/h4-8H,9-10H2,1-3H3,(H,19,24)(H2,20,21,22,23). The van der Waals surface area contributed by atoms with Gasteiger partial charge in [-0.05, 0) is 24.0 Å². The number of aromatic nitrogens is 2. The van der Waals surface area contributed by atoms with Gasteiger partial charge in [-0.1, -0.05) is 32.9 Å². The topological polar surface area (TPSA) is 86.9 Å². The first-order valence-corrected chi connectivity index (χ1v) is 7.61. The first-order chi connectivity index (χ1) is 11.2. The Morgan fingerprint density at radius 3 is 2.62 bits per heavy atom. The van der Waals surface area contributed by atoms with Gasteiger partial charge in [-0.25, -0.2) is 4.39 Å². The lowest BCUT2D eigenvalue weighted by atomic mass is 9.91. The molecule has 2 amide bonds. The fourth-order valence-corrected chi connectivity index (χ4v) is 2.18. The number of hydrogen-bond acceptors (Lipinski definition) is 3. The number of rotatable bonds is 5. The van der Waals surface area contributed by atoms with Crippen LogP contribution in [-0.2, 0) is 11.2 Å². The zero-order valence-electron chi connectivity index (χ0n) is 13.9. The van der Waals surface area contributed by atoms with Crippen molar-refractivity contribution >= 4 is 17.6 Å². The number of halogens is 1. The zero-order valence-corrected chi connectivity index (χ0v) is 13.9. The second kappa shape index (κ2) is 7.25. The molecule has 0 fully saturated rings. The van der Waals surface area contributed by atoms with Crippen molar-refractivity contribution in [2.45, 2.75) is 27.2 Å². The number of carbonyl (C=O) groups is 2. The minimum absolute atomic E-state index is 0.0988. The Morgan fingerprint density at radius 2 is 1.96 bits per heavy atom. The molecule has 2 aromatic rings. The van der Waals surface area contributed by atoms with Gasteiger partial charge in [0.1, 0.15) is 5.82 Å². The molecule has 128 valence electrons. The summed E-state index contributed by atoms with van der Waals surface area (Å²) in [5.41, 5.74) is 0.910. The number of benzene rings is 1. The fraction of sp³-hybridized carbons (Fsp3) is 0.353. The average Bonchev–Trinajstić information content (AvgIpc) is 2.90. The summed E-state index contributed by atoms with van der Waals surface area (Å²) in [6.07, 6.45) is 0.792. The average molecular weight is 332 g/mol. The van der Waals surface area contributed by atoms with Crippen molar-refractivity contribution in [1.29, 1.82) is 0 Å². The van der Waals surface area contributed by atoms with E-state index in [9.17, 15) is 14.0 Å². The van der Waals surface area contributed by atoms with Crippen molar-refractivity contribution in [3.05, 3.63) is 47.4 Å². The highest BCUT2D eigenvalue weighted by Gasteiger charge is 2.15. The summed E-state index contributed by atoms with van der Waals surface area (Å²) in [6.45, 7) is 6.04. The highest BCUT2D eigenvalue weighted by molar-refractivity contribution is 5.99. The molecule has 0 aliphatic carbocycles. The van der Waals surface area contributed by atoms with Crippen LogP contribution < -0.4 is 10.6 Å². The normalized spacial score (nSPS) is 11.2. The van der Waals surface area contributed by atoms with E-state index < -0.39 is 17.6 Å². The number of carbonyl (C=O) groups excluding carboxylic acids is 2. The van der Waals surface area contributed by atoms with Gasteiger partial charge in [0.2, 0.25) is 5.91 Å². The van der Waals surface area contributed by atoms with Crippen molar-refractivity contribution in [1.82, 2.24) is 15.5 Å². The third-order valence-electron chi connectivity index (χ3n) is 3.15. The Hall–Kier alpha value is -2.70. The quantitative estimate of drug-likeness (QED) is 0.786. The number of nitrogens with zero attached hydrogens (tertiary/aromatic N) is 1. The van der Waals surface area contributed by atoms with Gasteiger partial charge in [0.05, 0.1) is 12.1 Å². The Kier molecular flexibility index (Phi) is 5.33. The summed E-state index contributed by atoms with van der Waals surface area (Å²) in [5, 5.41) is 11.8. The predicted molar refractivity (Wildman–Crippen MR) is 89.1 cm³/mol. The van der Waals surface area contributed by atoms with Crippen molar-refractivity contribution < 1.29 is 14.0 Å². The van der Waals surface area contributed by atoms with E-state index in [0.29, 0.717) is 5.82 Å². The molecule has 1 aromatic heterocycles. The zero-order chi connectivity index (χ0) is 17.7. The molecule has 0 unspecified atom stereocenters. The highest BCUT2D eigenvalue weighted by atomic mass is 19.1. The first kappa shape index (κ1) is 17.7. The maximum absolute atomic E-state index is 13.5. The summed E-state index contributed by atoms with van der Waals surface area (Å²) < 4.78 is 13.5. The largest absolute Gasteiger partial charge is 0.343 e. The maximum Gasteiger partial charge on any atom is 0.254 e. The Morgan fingerprint density at radius 1 is 1.25 bits per heavy atom. The molecule has 1 heterocycles. The Balaban J connectivity index is 1.86. The van der Waals surface area contributed by atoms with E-state index in [2.05, 4.69) is 41.6 Å². The summed E-state index contributed by atoms with van der Waals surface area (Å²) >= 11 is 0. The van der Waals surface area contributed by atoms with Gasteiger partial charge in [0.15, 0.2) is 5.82 Å². The third-order valence-corrected chi connectivity index (χ3v) is 3.15. The fourth-order valence-electron chi connectivity index (χ4n) is 2.18. The van der Waals surface area contributed by atoms with Crippen LogP contribution in [0.1, 0.15) is 36.8 Å². The van der Waals surface area contributed by atoms with E-state index >= 15 is 0 Å². The van der Waals surface area contributed by atoms with E-state index in [-0.39, 0.29) is 17.5 Å². The van der Waals surface area contributed by atoms with Gasteiger partial charge in [-0.3, -0.25) is 14.7 Å². The Labute approximate surface area is 139 Å². The molecule has 0 atom stereocenters. The van der Waals surface area contributed by atoms with Crippen LogP contribution in [0, 0.1) is 11.2 Å². The van der Waals surface area contributed by atoms with Gasteiger partial charge >= 0.3 is 0 Å². The molecular formula is C17H21FN4O2. The summed E-state index contributed by atoms with van der Waals surface area (Å²) in [5.74, 6) is -1.32. The van der Waals surface area contributed by atoms with Gasteiger partial charge in [0.25, 0.3) is 5.91 Å². The molecule has 0 spiro atoms. The monoisotopic (exact) mass is 332 g/mol. The van der Waals surface area contributed by atoms with Crippen molar-refractivity contribution in [2.75, 3.05) is 11.9 Å². The summed E-state index contributed by atoms with van der Waals surface area (Å²) in [4.78, 5) is 23.7. The lowest BCUT2D eigenvalue weighted by molar-refractivity contribution is -0.115. The predicted octanol–water partition coefficient (Wildman–Crippen LogP) is 2.51. The molecule has 1 aromatic carbocycles. The molecule has 0 saturated carbocycles. The molecule has 7 heteroatoms. The maximum atomic E-state index is 13.5. The van der Waals surface area contributed by atoms with Gasteiger partial charge in [-0.15, -0.1) is 0 Å². The molecule has 3 N–H and O–H groups in total. The Bertz CT molecular complexity index is 734. The molecule has 6 nitrogen and oxygen atoms in total.